The molecule has 0 unspecified atom stereocenters. The Kier molecular flexibility index (Phi) is 6.40. The van der Waals surface area contributed by atoms with Gasteiger partial charge < -0.3 is 14.9 Å². The molecule has 0 bridgehead atoms. The summed E-state index contributed by atoms with van der Waals surface area (Å²) in [7, 11) is 1.80. The molecule has 0 radical (unpaired) electrons. The van der Waals surface area contributed by atoms with Gasteiger partial charge in [0.1, 0.15) is 0 Å². The van der Waals surface area contributed by atoms with Gasteiger partial charge in [-0.1, -0.05) is 30.3 Å². The Morgan fingerprint density at radius 3 is 2.57 bits per heavy atom. The highest BCUT2D eigenvalue weighted by Crippen LogP contribution is 2.45. The maximum atomic E-state index is 13.4. The van der Waals surface area contributed by atoms with Crippen molar-refractivity contribution < 1.29 is 14.7 Å². The van der Waals surface area contributed by atoms with E-state index in [1.807, 2.05) is 49.1 Å². The Morgan fingerprint density at radius 2 is 1.93 bits per heavy atom. The fourth-order valence-corrected chi connectivity index (χ4v) is 5.02. The number of carbonyl (C=O) groups excluding carboxylic acids is 2. The summed E-state index contributed by atoms with van der Waals surface area (Å²) >= 11 is 0. The number of likely N-dealkylation sites (N-methyl/N-ethyl adjacent to an activating group) is 2. The van der Waals surface area contributed by atoms with Crippen LogP contribution in [0.15, 0.2) is 30.3 Å². The van der Waals surface area contributed by atoms with Crippen molar-refractivity contribution in [1.29, 1.82) is 0 Å². The molecule has 2 heterocycles. The zero-order valence-electron chi connectivity index (χ0n) is 17.3. The molecule has 0 saturated carbocycles. The second-order valence-electron chi connectivity index (χ2n) is 8.20. The molecule has 1 aromatic carbocycles. The van der Waals surface area contributed by atoms with Crippen LogP contribution in [0.4, 0.5) is 0 Å². The van der Waals surface area contributed by atoms with Crippen LogP contribution in [0.25, 0.3) is 0 Å². The van der Waals surface area contributed by atoms with Gasteiger partial charge in [-0.15, -0.1) is 0 Å². The van der Waals surface area contributed by atoms with Crippen LogP contribution in [0, 0.1) is 5.41 Å². The molecule has 0 aliphatic carbocycles. The normalized spacial score (nSPS) is 28.6. The van der Waals surface area contributed by atoms with Gasteiger partial charge in [-0.2, -0.15) is 0 Å². The predicted octanol–water partition coefficient (Wildman–Crippen LogP) is 1.90. The molecule has 3 atom stereocenters. The Balaban J connectivity index is 1.75. The van der Waals surface area contributed by atoms with E-state index in [-0.39, 0.29) is 17.9 Å². The second kappa shape index (κ2) is 8.62. The fourth-order valence-electron chi connectivity index (χ4n) is 5.02. The van der Waals surface area contributed by atoms with E-state index >= 15 is 0 Å². The molecule has 6 nitrogen and oxygen atoms in total. The monoisotopic (exact) mass is 387 g/mol. The number of rotatable bonds is 5. The zero-order valence-corrected chi connectivity index (χ0v) is 17.3. The number of amides is 2. The fraction of sp³-hybridized carbons (Fsp3) is 0.636. The lowest BCUT2D eigenvalue weighted by molar-refractivity contribution is -0.163. The van der Waals surface area contributed by atoms with Gasteiger partial charge in [-0.05, 0) is 45.2 Å². The highest BCUT2D eigenvalue weighted by atomic mass is 16.3. The number of benzene rings is 1. The Hall–Kier alpha value is -1.92. The minimum atomic E-state index is -0.608. The van der Waals surface area contributed by atoms with Gasteiger partial charge in [0, 0.05) is 26.7 Å². The van der Waals surface area contributed by atoms with Crippen molar-refractivity contribution in [3.8, 4) is 0 Å². The maximum absolute atomic E-state index is 13.4. The number of aliphatic hydroxyl groups is 1. The molecule has 2 aliphatic rings. The maximum Gasteiger partial charge on any atom is 0.236 e. The minimum Gasteiger partial charge on any atom is -0.391 e. The molecule has 0 aromatic heterocycles. The average molecular weight is 388 g/mol. The topological polar surface area (TPSA) is 64.1 Å². The van der Waals surface area contributed by atoms with E-state index < -0.39 is 11.5 Å². The van der Waals surface area contributed by atoms with Crippen molar-refractivity contribution in [3.63, 3.8) is 0 Å². The Morgan fingerprint density at radius 1 is 1.25 bits per heavy atom. The van der Waals surface area contributed by atoms with Crippen LogP contribution in [-0.4, -0.2) is 77.5 Å². The number of aliphatic hydroxyl groups excluding tert-OH is 1. The molecule has 28 heavy (non-hydrogen) atoms. The standard InChI is InChI=1S/C22H33N3O3/c1-4-25(5-2)19(27)15-24-13-9-12-22(16-24)14-18(26)20(23(3)21(22)28)17-10-7-6-8-11-17/h6-8,10-11,18,20,26H,4-5,9,12-16H2,1-3H3/t18-,20+,22-/m1/s1. The van der Waals surface area contributed by atoms with Crippen LogP contribution >= 0.6 is 0 Å². The molecule has 1 N–H and O–H groups in total. The summed E-state index contributed by atoms with van der Waals surface area (Å²) in [5.74, 6) is 0.202. The smallest absolute Gasteiger partial charge is 0.236 e. The predicted molar refractivity (Wildman–Crippen MR) is 109 cm³/mol. The SMILES string of the molecule is CCN(CC)C(=O)CN1CCC[C@@]2(C[C@@H](O)[C@H](c3ccccc3)N(C)C2=O)C1. The van der Waals surface area contributed by atoms with E-state index in [4.69, 9.17) is 0 Å². The second-order valence-corrected chi connectivity index (χ2v) is 8.20. The van der Waals surface area contributed by atoms with Crippen LogP contribution in [0.2, 0.25) is 0 Å². The largest absolute Gasteiger partial charge is 0.391 e. The third kappa shape index (κ3) is 3.94. The minimum absolute atomic E-state index is 0.0895. The van der Waals surface area contributed by atoms with Crippen molar-refractivity contribution in [2.45, 2.75) is 45.3 Å². The van der Waals surface area contributed by atoms with Gasteiger partial charge in [0.15, 0.2) is 0 Å². The molecular formula is C22H33N3O3. The van der Waals surface area contributed by atoms with Crippen molar-refractivity contribution in [2.75, 3.05) is 39.8 Å². The number of hydrogen-bond acceptors (Lipinski definition) is 4. The number of hydrogen-bond donors (Lipinski definition) is 1. The molecule has 2 fully saturated rings. The van der Waals surface area contributed by atoms with Gasteiger partial charge in [0.05, 0.1) is 24.1 Å². The van der Waals surface area contributed by atoms with Crippen molar-refractivity contribution in [1.82, 2.24) is 14.7 Å². The number of carbonyl (C=O) groups is 2. The summed E-state index contributed by atoms with van der Waals surface area (Å²) in [5, 5.41) is 11.0. The van der Waals surface area contributed by atoms with Crippen LogP contribution in [0.5, 0.6) is 0 Å². The molecule has 1 spiro atoms. The van der Waals surface area contributed by atoms with Gasteiger partial charge in [-0.3, -0.25) is 14.5 Å². The highest BCUT2D eigenvalue weighted by molar-refractivity contribution is 5.85. The molecular weight excluding hydrogens is 354 g/mol. The van der Waals surface area contributed by atoms with Gasteiger partial charge in [0.25, 0.3) is 0 Å². The molecule has 3 rings (SSSR count). The summed E-state index contributed by atoms with van der Waals surface area (Å²) in [6, 6.07) is 9.43. The van der Waals surface area contributed by atoms with Crippen molar-refractivity contribution >= 4 is 11.8 Å². The van der Waals surface area contributed by atoms with Crippen LogP contribution in [0.1, 0.15) is 44.7 Å². The number of likely N-dealkylation sites (tertiary alicyclic amines) is 2. The lowest BCUT2D eigenvalue weighted by Crippen LogP contribution is -2.60. The van der Waals surface area contributed by atoms with Gasteiger partial charge in [-0.25, -0.2) is 0 Å². The molecule has 2 aliphatic heterocycles. The summed E-state index contributed by atoms with van der Waals surface area (Å²) in [6.07, 6.45) is 1.48. The summed E-state index contributed by atoms with van der Waals surface area (Å²) in [5.41, 5.74) is 0.367. The first kappa shape index (κ1) is 20.8. The van der Waals surface area contributed by atoms with E-state index in [1.54, 1.807) is 11.9 Å². The number of nitrogens with zero attached hydrogens (tertiary/aromatic N) is 3. The summed E-state index contributed by atoms with van der Waals surface area (Å²) in [4.78, 5) is 31.6. The van der Waals surface area contributed by atoms with Crippen LogP contribution < -0.4 is 0 Å². The first-order valence-corrected chi connectivity index (χ1v) is 10.4. The first-order valence-electron chi connectivity index (χ1n) is 10.4. The Labute approximate surface area is 168 Å². The van der Waals surface area contributed by atoms with Gasteiger partial charge in [0.2, 0.25) is 11.8 Å². The van der Waals surface area contributed by atoms with Crippen molar-refractivity contribution in [2.24, 2.45) is 5.41 Å². The van der Waals surface area contributed by atoms with E-state index in [1.165, 1.54) is 0 Å². The van der Waals surface area contributed by atoms with Crippen LogP contribution in [0.3, 0.4) is 0 Å². The quantitative estimate of drug-likeness (QED) is 0.838. The van der Waals surface area contributed by atoms with Gasteiger partial charge >= 0.3 is 0 Å². The molecule has 2 amide bonds. The van der Waals surface area contributed by atoms with E-state index in [2.05, 4.69) is 4.90 Å². The molecule has 2 saturated heterocycles. The third-order valence-corrected chi connectivity index (χ3v) is 6.43. The number of piperidine rings is 2. The first-order chi connectivity index (χ1) is 13.4. The van der Waals surface area contributed by atoms with E-state index in [0.717, 1.165) is 24.9 Å². The summed E-state index contributed by atoms with van der Waals surface area (Å²) < 4.78 is 0. The average Bonchev–Trinajstić information content (AvgIpc) is 2.68. The molecule has 6 heteroatoms. The molecule has 154 valence electrons. The van der Waals surface area contributed by atoms with E-state index in [0.29, 0.717) is 32.6 Å². The van der Waals surface area contributed by atoms with E-state index in [9.17, 15) is 14.7 Å². The summed E-state index contributed by atoms with van der Waals surface area (Å²) in [6.45, 7) is 7.09. The molecule has 1 aromatic rings. The third-order valence-electron chi connectivity index (χ3n) is 6.43. The lowest BCUT2D eigenvalue weighted by Gasteiger charge is -2.51. The zero-order chi connectivity index (χ0) is 20.3. The Bertz CT molecular complexity index is 692. The highest BCUT2D eigenvalue weighted by Gasteiger charge is 2.52. The van der Waals surface area contributed by atoms with Crippen molar-refractivity contribution in [3.05, 3.63) is 35.9 Å². The lowest BCUT2D eigenvalue weighted by atomic mass is 9.69. The van der Waals surface area contributed by atoms with Crippen LogP contribution in [-0.2, 0) is 9.59 Å².